The number of alkyl halides is 1. The number of hydrogen-bond acceptors (Lipinski definition) is 6. The van der Waals surface area contributed by atoms with Gasteiger partial charge in [-0.2, -0.15) is 0 Å². The zero-order chi connectivity index (χ0) is 29.0. The van der Waals surface area contributed by atoms with E-state index in [0.29, 0.717) is 65.9 Å². The number of aliphatic hydroxyl groups excluding tert-OH is 1. The first-order valence-electron chi connectivity index (χ1n) is 11.9. The molecule has 0 bridgehead atoms. The van der Waals surface area contributed by atoms with Crippen LogP contribution in [0.2, 0.25) is 20.1 Å². The Kier molecular flexibility index (Phi) is 15.0. The van der Waals surface area contributed by atoms with Gasteiger partial charge in [-0.25, -0.2) is 4.21 Å². The molecule has 0 radical (unpaired) electrons. The summed E-state index contributed by atoms with van der Waals surface area (Å²) in [6, 6.07) is 10.6. The zero-order valence-electron chi connectivity index (χ0n) is 20.5. The van der Waals surface area contributed by atoms with Crippen LogP contribution in [0.15, 0.2) is 45.4 Å². The molecule has 2 heterocycles. The summed E-state index contributed by atoms with van der Waals surface area (Å²) in [7, 11) is 7.36. The maximum atomic E-state index is 9.52. The summed E-state index contributed by atoms with van der Waals surface area (Å²) in [6.45, 7) is -0.119. The van der Waals surface area contributed by atoms with Crippen molar-refractivity contribution >= 4 is 88.6 Å². The minimum atomic E-state index is -1.67. The highest BCUT2D eigenvalue weighted by atomic mass is 36.0. The lowest BCUT2D eigenvalue weighted by molar-refractivity contribution is 0.277. The predicted octanol–water partition coefficient (Wildman–Crippen LogP) is 11.6. The van der Waals surface area contributed by atoms with Crippen molar-refractivity contribution in [1.82, 2.24) is 10.3 Å². The fraction of sp³-hybridized carbons (Fsp3) is 0.357. The monoisotopic (exact) mass is 734 g/mol. The quantitative estimate of drug-likeness (QED) is 0.157. The number of rotatable bonds is 6. The first-order chi connectivity index (χ1) is 19.2. The molecule has 1 N–H and O–H groups in total. The molecule has 6 rings (SSSR count). The molecule has 0 spiro atoms. The van der Waals surface area contributed by atoms with Gasteiger partial charge < -0.3 is 14.2 Å². The minimum Gasteiger partial charge on any atom is -0.391 e. The maximum absolute atomic E-state index is 9.52. The smallest absolute Gasteiger partial charge is 0.211 e. The largest absolute Gasteiger partial charge is 0.391 e. The van der Waals surface area contributed by atoms with Gasteiger partial charge in [0.2, 0.25) is 9.23 Å². The molecular formula is C28H29Cl7N2O4S. The van der Waals surface area contributed by atoms with E-state index in [1.54, 1.807) is 36.4 Å². The lowest BCUT2D eigenvalue weighted by Gasteiger charge is -2.05. The van der Waals surface area contributed by atoms with E-state index >= 15 is 0 Å². The van der Waals surface area contributed by atoms with E-state index < -0.39 is 9.23 Å². The predicted molar refractivity (Wildman–Crippen MR) is 177 cm³/mol. The summed E-state index contributed by atoms with van der Waals surface area (Å²) in [6.07, 6.45) is 4.43. The molecule has 6 nitrogen and oxygen atoms in total. The lowest BCUT2D eigenvalue weighted by Crippen LogP contribution is -1.91. The molecule has 2 saturated carbocycles. The number of aliphatic hydroxyl groups is 1. The fourth-order valence-electron chi connectivity index (χ4n) is 4.10. The normalized spacial score (nSPS) is 13.7. The van der Waals surface area contributed by atoms with Gasteiger partial charge in [-0.15, -0.1) is 11.6 Å². The van der Waals surface area contributed by atoms with Gasteiger partial charge in [0.25, 0.3) is 0 Å². The molecule has 14 heteroatoms. The van der Waals surface area contributed by atoms with Gasteiger partial charge in [0, 0.05) is 55.5 Å². The van der Waals surface area contributed by atoms with Crippen LogP contribution in [0, 0.1) is 0 Å². The molecule has 0 atom stereocenters. The van der Waals surface area contributed by atoms with E-state index in [1.165, 1.54) is 0 Å². The fourth-order valence-corrected chi connectivity index (χ4v) is 5.51. The molecule has 2 aromatic heterocycles. The van der Waals surface area contributed by atoms with Crippen molar-refractivity contribution in [2.24, 2.45) is 0 Å². The molecule has 2 fully saturated rings. The van der Waals surface area contributed by atoms with E-state index in [9.17, 15) is 5.11 Å². The molecule has 0 unspecified atom stereocenters. The van der Waals surface area contributed by atoms with Crippen LogP contribution < -0.4 is 0 Å². The first kappa shape index (κ1) is 37.2. The van der Waals surface area contributed by atoms with Crippen molar-refractivity contribution in [3.05, 3.63) is 79.1 Å². The van der Waals surface area contributed by atoms with Gasteiger partial charge in [-0.3, -0.25) is 0 Å². The van der Waals surface area contributed by atoms with Crippen LogP contribution in [0.3, 0.4) is 0 Å². The second-order valence-corrected chi connectivity index (χ2v) is 13.4. The van der Waals surface area contributed by atoms with Crippen molar-refractivity contribution in [2.45, 2.75) is 64.9 Å². The molecule has 2 aromatic carbocycles. The van der Waals surface area contributed by atoms with Gasteiger partial charge >= 0.3 is 0 Å². The lowest BCUT2D eigenvalue weighted by atomic mass is 10.0. The second-order valence-electron chi connectivity index (χ2n) is 8.97. The summed E-state index contributed by atoms with van der Waals surface area (Å²) < 4.78 is 19.9. The number of benzene rings is 2. The van der Waals surface area contributed by atoms with E-state index in [-0.39, 0.29) is 21.5 Å². The van der Waals surface area contributed by atoms with Crippen molar-refractivity contribution in [3.63, 3.8) is 0 Å². The SMILES string of the molecule is C.C.ClCc1c(-c2c(Cl)cccc2Cl)noc1C1CC1.O=S(Cl)Cl.OCc1c(-c2c(Cl)cccc2Cl)noc1C1CC1. The van der Waals surface area contributed by atoms with Gasteiger partial charge in [0.1, 0.15) is 22.9 Å². The van der Waals surface area contributed by atoms with Crippen molar-refractivity contribution in [1.29, 1.82) is 0 Å². The standard InChI is InChI=1S/C13H10Cl3NO.C13H11Cl2NO2.2CH4.Cl2OS/c14-6-8-12(17-18-13(8)7-4-5-7)11-9(15)2-1-3-10(11)16;14-9-2-1-3-10(15)11(9)12-8(6-17)13(18-16-12)7-4-5-7;;;1-4(2)3/h1-3,7H,4-6H2;1-3,7,17H,4-6H2;2*1H4;. The van der Waals surface area contributed by atoms with Crippen molar-refractivity contribution in [3.8, 4) is 22.5 Å². The minimum absolute atomic E-state index is 0. The Morgan fingerprint density at radius 3 is 1.38 bits per heavy atom. The summed E-state index contributed by atoms with van der Waals surface area (Å²) in [5, 5.41) is 19.8. The van der Waals surface area contributed by atoms with Gasteiger partial charge in [-0.1, -0.05) is 83.7 Å². The van der Waals surface area contributed by atoms with Crippen LogP contribution in [0.25, 0.3) is 22.5 Å². The van der Waals surface area contributed by atoms with Crippen LogP contribution in [-0.2, 0) is 21.7 Å². The summed E-state index contributed by atoms with van der Waals surface area (Å²) in [5.41, 5.74) is 4.16. The molecule has 2 aliphatic carbocycles. The van der Waals surface area contributed by atoms with E-state index in [4.69, 9.17) is 71.3 Å². The average molecular weight is 738 g/mol. The highest BCUT2D eigenvalue weighted by Crippen LogP contribution is 2.47. The van der Waals surface area contributed by atoms with Gasteiger partial charge in [-0.05, 0) is 49.9 Å². The highest BCUT2D eigenvalue weighted by molar-refractivity contribution is 8.26. The molecular weight excluding hydrogens is 709 g/mol. The number of hydrogen-bond donors (Lipinski definition) is 1. The second kappa shape index (κ2) is 16.9. The van der Waals surface area contributed by atoms with Gasteiger partial charge in [0.05, 0.1) is 32.6 Å². The molecule has 4 aromatic rings. The molecule has 0 amide bonds. The Balaban J connectivity index is 0.000000250. The maximum Gasteiger partial charge on any atom is 0.211 e. The third-order valence-electron chi connectivity index (χ3n) is 6.22. The Labute approximate surface area is 281 Å². The van der Waals surface area contributed by atoms with E-state index in [1.807, 2.05) is 0 Å². The molecule has 0 aliphatic heterocycles. The summed E-state index contributed by atoms with van der Waals surface area (Å²) >= 11 is 30.7. The van der Waals surface area contributed by atoms with Crippen molar-refractivity contribution in [2.75, 3.05) is 0 Å². The van der Waals surface area contributed by atoms with E-state index in [2.05, 4.69) is 31.7 Å². The molecule has 230 valence electrons. The number of aromatic nitrogens is 2. The molecule has 0 saturated heterocycles. The van der Waals surface area contributed by atoms with Crippen LogP contribution >= 0.6 is 79.4 Å². The third kappa shape index (κ3) is 9.02. The zero-order valence-corrected chi connectivity index (χ0v) is 26.6. The Hall–Kier alpha value is -1.00. The van der Waals surface area contributed by atoms with Crippen LogP contribution in [0.4, 0.5) is 0 Å². The topological polar surface area (TPSA) is 89.4 Å². The van der Waals surface area contributed by atoms with Crippen molar-refractivity contribution < 1.29 is 18.4 Å². The average Bonchev–Trinajstić information content (AvgIpc) is 3.84. The highest BCUT2D eigenvalue weighted by Gasteiger charge is 2.34. The first-order valence-corrected chi connectivity index (χ1v) is 16.8. The van der Waals surface area contributed by atoms with Crippen LogP contribution in [0.1, 0.15) is 75.0 Å². The molecule has 42 heavy (non-hydrogen) atoms. The third-order valence-corrected chi connectivity index (χ3v) is 7.75. The number of halogens is 7. The van der Waals surface area contributed by atoms with Crippen LogP contribution in [-0.4, -0.2) is 19.6 Å². The summed E-state index contributed by atoms with van der Waals surface area (Å²) in [5.74, 6) is 2.85. The Morgan fingerprint density at radius 2 is 1.07 bits per heavy atom. The summed E-state index contributed by atoms with van der Waals surface area (Å²) in [4.78, 5) is 0. The Morgan fingerprint density at radius 1 is 0.738 bits per heavy atom. The van der Waals surface area contributed by atoms with E-state index in [0.717, 1.165) is 42.8 Å². The van der Waals surface area contributed by atoms with Crippen LogP contribution in [0.5, 0.6) is 0 Å². The van der Waals surface area contributed by atoms with Gasteiger partial charge in [0.15, 0.2) is 0 Å². The number of nitrogens with zero attached hydrogens (tertiary/aromatic N) is 2. The molecule has 2 aliphatic rings. The Bertz CT molecular complexity index is 1350.